The van der Waals surface area contributed by atoms with Crippen LogP contribution in [0, 0.1) is 0 Å². The van der Waals surface area contributed by atoms with E-state index in [0.29, 0.717) is 11.3 Å². The lowest BCUT2D eigenvalue weighted by atomic mass is 10.1. The van der Waals surface area contributed by atoms with Crippen LogP contribution in [-0.2, 0) is 4.79 Å². The maximum atomic E-state index is 12.7. The number of fused-ring (bicyclic) bond motifs is 1. The Morgan fingerprint density at radius 1 is 1.16 bits per heavy atom. The van der Waals surface area contributed by atoms with Crippen molar-refractivity contribution in [2.45, 2.75) is 38.1 Å². The minimum absolute atomic E-state index is 0.0510. The minimum Gasteiger partial charge on any atom is -0.361 e. The summed E-state index contributed by atoms with van der Waals surface area (Å²) in [6.45, 7) is 0. The van der Waals surface area contributed by atoms with Gasteiger partial charge in [-0.25, -0.2) is 4.98 Å². The van der Waals surface area contributed by atoms with Gasteiger partial charge in [-0.15, -0.1) is 11.3 Å². The fourth-order valence-electron chi connectivity index (χ4n) is 3.65. The summed E-state index contributed by atoms with van der Waals surface area (Å²) in [5, 5.41) is 6.86. The van der Waals surface area contributed by atoms with Gasteiger partial charge in [-0.05, 0) is 31.0 Å². The third kappa shape index (κ3) is 5.23. The van der Waals surface area contributed by atoms with E-state index in [1.165, 1.54) is 11.3 Å². The average Bonchev–Trinajstić information content (AvgIpc) is 3.58. The molecule has 0 saturated carbocycles. The normalized spacial score (nSPS) is 12.0. The Labute approximate surface area is 189 Å². The summed E-state index contributed by atoms with van der Waals surface area (Å²) in [5.41, 5.74) is 4.67. The molecule has 0 aliphatic rings. The third-order valence-electron chi connectivity index (χ3n) is 5.43. The van der Waals surface area contributed by atoms with Crippen molar-refractivity contribution < 1.29 is 9.59 Å². The molecule has 4 N–H and O–H groups in total. The van der Waals surface area contributed by atoms with Crippen LogP contribution in [0.25, 0.3) is 22.2 Å². The number of nitrogens with one attached hydrogen (secondary N) is 4. The molecule has 8 nitrogen and oxygen atoms in total. The zero-order valence-corrected chi connectivity index (χ0v) is 18.7. The highest BCUT2D eigenvalue weighted by Crippen LogP contribution is 2.26. The molecule has 0 radical (unpaired) electrons. The second-order valence-corrected chi connectivity index (χ2v) is 8.51. The Bertz CT molecular complexity index is 1180. The van der Waals surface area contributed by atoms with Crippen LogP contribution in [-0.4, -0.2) is 38.8 Å². The predicted octanol–water partition coefficient (Wildman–Crippen LogP) is 4.18. The highest BCUT2D eigenvalue weighted by molar-refractivity contribution is 7.11. The first kappa shape index (κ1) is 21.8. The number of thiazole rings is 1. The molecular weight excluding hydrogens is 424 g/mol. The van der Waals surface area contributed by atoms with E-state index >= 15 is 0 Å². The molecule has 0 unspecified atom stereocenters. The molecule has 0 saturated heterocycles. The predicted molar refractivity (Wildman–Crippen MR) is 125 cm³/mol. The standard InChI is InChI=1S/C23H26N6O2S/c1-24-21(30)6-4-2-3-5-18(29-23(31)20-13-25-14-32-20)22-27-12-19(28-22)15-7-8-17-16(11-15)9-10-26-17/h7-14,18,26H,2-6H2,1H3,(H,24,30)(H,27,28)(H,29,31)/t18-/m0/s1. The van der Waals surface area contributed by atoms with E-state index in [2.05, 4.69) is 36.6 Å². The molecule has 166 valence electrons. The van der Waals surface area contributed by atoms with Crippen molar-refractivity contribution in [1.82, 2.24) is 30.6 Å². The minimum atomic E-state index is -0.255. The molecule has 3 aromatic heterocycles. The number of aromatic nitrogens is 4. The fraction of sp³-hybridized carbons (Fsp3) is 0.304. The first-order valence-corrected chi connectivity index (χ1v) is 11.5. The Kier molecular flexibility index (Phi) is 6.96. The number of amides is 2. The van der Waals surface area contributed by atoms with E-state index in [4.69, 9.17) is 0 Å². The van der Waals surface area contributed by atoms with E-state index < -0.39 is 0 Å². The highest BCUT2D eigenvalue weighted by atomic mass is 32.1. The number of aromatic amines is 2. The maximum Gasteiger partial charge on any atom is 0.263 e. The number of rotatable bonds is 10. The van der Waals surface area contributed by atoms with Gasteiger partial charge in [0.15, 0.2) is 0 Å². The molecular formula is C23H26N6O2S. The number of carbonyl (C=O) groups excluding carboxylic acids is 2. The number of H-pyrrole nitrogens is 2. The molecule has 0 bridgehead atoms. The van der Waals surface area contributed by atoms with Gasteiger partial charge in [0.2, 0.25) is 5.91 Å². The van der Waals surface area contributed by atoms with Crippen LogP contribution in [0.4, 0.5) is 0 Å². The SMILES string of the molecule is CNC(=O)CCCCC[C@H](NC(=O)c1cncs1)c1ncc(-c2ccc3[nH]ccc3c2)[nH]1. The number of imidazole rings is 1. The van der Waals surface area contributed by atoms with Crippen LogP contribution in [0.5, 0.6) is 0 Å². The lowest BCUT2D eigenvalue weighted by molar-refractivity contribution is -0.120. The number of nitrogens with zero attached hydrogens (tertiary/aromatic N) is 2. The van der Waals surface area contributed by atoms with Crippen LogP contribution in [0.1, 0.15) is 53.6 Å². The van der Waals surface area contributed by atoms with Gasteiger partial charge >= 0.3 is 0 Å². The van der Waals surface area contributed by atoms with Gasteiger partial charge in [-0.3, -0.25) is 14.6 Å². The van der Waals surface area contributed by atoms with E-state index in [1.54, 1.807) is 25.0 Å². The maximum absolute atomic E-state index is 12.7. The van der Waals surface area contributed by atoms with Gasteiger partial charge in [-0.2, -0.15) is 0 Å². The summed E-state index contributed by atoms with van der Waals surface area (Å²) in [4.78, 5) is 39.8. The lowest BCUT2D eigenvalue weighted by Gasteiger charge is -2.16. The second-order valence-electron chi connectivity index (χ2n) is 7.63. The molecule has 1 atom stereocenters. The molecule has 0 aliphatic carbocycles. The molecule has 32 heavy (non-hydrogen) atoms. The Hall–Kier alpha value is -3.46. The molecule has 0 fully saturated rings. The highest BCUT2D eigenvalue weighted by Gasteiger charge is 2.20. The van der Waals surface area contributed by atoms with Crippen molar-refractivity contribution in [1.29, 1.82) is 0 Å². The van der Waals surface area contributed by atoms with Gasteiger partial charge in [0.05, 0.1) is 29.6 Å². The smallest absolute Gasteiger partial charge is 0.263 e. The summed E-state index contributed by atoms with van der Waals surface area (Å²) >= 11 is 1.31. The van der Waals surface area contributed by atoms with Gasteiger partial charge in [-0.1, -0.05) is 18.9 Å². The first-order valence-electron chi connectivity index (χ1n) is 10.7. The van der Waals surface area contributed by atoms with Crippen LogP contribution in [0.2, 0.25) is 0 Å². The second kappa shape index (κ2) is 10.2. The fourth-order valence-corrected chi connectivity index (χ4v) is 4.17. The van der Waals surface area contributed by atoms with E-state index in [-0.39, 0.29) is 17.9 Å². The van der Waals surface area contributed by atoms with Crippen LogP contribution in [0.3, 0.4) is 0 Å². The summed E-state index contributed by atoms with van der Waals surface area (Å²) < 4.78 is 0. The summed E-state index contributed by atoms with van der Waals surface area (Å²) in [7, 11) is 1.65. The topological polar surface area (TPSA) is 116 Å². The average molecular weight is 451 g/mol. The van der Waals surface area contributed by atoms with Crippen LogP contribution >= 0.6 is 11.3 Å². The molecule has 9 heteroatoms. The zero-order chi connectivity index (χ0) is 22.3. The van der Waals surface area contributed by atoms with Crippen molar-refractivity contribution >= 4 is 34.1 Å². The van der Waals surface area contributed by atoms with Gasteiger partial charge in [0.25, 0.3) is 5.91 Å². The van der Waals surface area contributed by atoms with Crippen molar-refractivity contribution in [2.75, 3.05) is 7.05 Å². The molecule has 1 aromatic carbocycles. The molecule has 4 aromatic rings. The molecule has 0 spiro atoms. The van der Waals surface area contributed by atoms with Crippen molar-refractivity contribution in [2.24, 2.45) is 0 Å². The van der Waals surface area contributed by atoms with E-state index in [9.17, 15) is 9.59 Å². The summed E-state index contributed by atoms with van der Waals surface area (Å²) in [5.74, 6) is 0.614. The van der Waals surface area contributed by atoms with Crippen LogP contribution in [0.15, 0.2) is 48.4 Å². The lowest BCUT2D eigenvalue weighted by Crippen LogP contribution is -2.28. The third-order valence-corrected chi connectivity index (χ3v) is 6.20. The molecule has 4 rings (SSSR count). The number of carbonyl (C=O) groups is 2. The molecule has 2 amide bonds. The molecule has 3 heterocycles. The zero-order valence-electron chi connectivity index (χ0n) is 17.9. The quantitative estimate of drug-likeness (QED) is 0.271. The van der Waals surface area contributed by atoms with E-state index in [1.807, 2.05) is 24.4 Å². The summed E-state index contributed by atoms with van der Waals surface area (Å²) in [6, 6.07) is 7.97. The number of hydrogen-bond donors (Lipinski definition) is 4. The van der Waals surface area contributed by atoms with Crippen molar-refractivity contribution in [3.8, 4) is 11.3 Å². The van der Waals surface area contributed by atoms with Gasteiger partial charge in [0, 0.05) is 36.1 Å². The number of unbranched alkanes of at least 4 members (excludes halogenated alkanes) is 2. The Morgan fingerprint density at radius 3 is 2.88 bits per heavy atom. The number of benzene rings is 1. The Balaban J connectivity index is 1.47. The molecule has 0 aliphatic heterocycles. The van der Waals surface area contributed by atoms with E-state index in [0.717, 1.165) is 53.7 Å². The first-order chi connectivity index (χ1) is 15.6. The van der Waals surface area contributed by atoms with Crippen molar-refractivity contribution in [3.05, 3.63) is 59.1 Å². The van der Waals surface area contributed by atoms with Gasteiger partial charge in [0.1, 0.15) is 10.7 Å². The number of hydrogen-bond acceptors (Lipinski definition) is 5. The monoisotopic (exact) mass is 450 g/mol. The van der Waals surface area contributed by atoms with Crippen LogP contribution < -0.4 is 10.6 Å². The summed E-state index contributed by atoms with van der Waals surface area (Å²) in [6.07, 6.45) is 9.12. The Morgan fingerprint density at radius 2 is 2.06 bits per heavy atom. The van der Waals surface area contributed by atoms with Gasteiger partial charge < -0.3 is 20.6 Å². The van der Waals surface area contributed by atoms with Crippen molar-refractivity contribution in [3.63, 3.8) is 0 Å². The largest absolute Gasteiger partial charge is 0.361 e.